The van der Waals surface area contributed by atoms with Crippen LogP contribution in [-0.4, -0.2) is 0 Å². The van der Waals surface area contributed by atoms with Gasteiger partial charge >= 0.3 is 144 Å². The fourth-order valence-corrected chi connectivity index (χ4v) is 18.0. The van der Waals surface area contributed by atoms with Gasteiger partial charge in [0.05, 0.1) is 0 Å². The number of allylic oxidation sites excluding steroid dienone is 2. The Morgan fingerprint density at radius 3 is 1.56 bits per heavy atom. The van der Waals surface area contributed by atoms with E-state index in [1.165, 1.54) is 8.26 Å². The van der Waals surface area contributed by atoms with Crippen molar-refractivity contribution in [1.82, 2.24) is 0 Å². The summed E-state index contributed by atoms with van der Waals surface area (Å²) in [5.41, 5.74) is 6.28. The quantitative estimate of drug-likeness (QED) is 0.548. The van der Waals surface area contributed by atoms with Gasteiger partial charge in [0.15, 0.2) is 0 Å². The summed E-state index contributed by atoms with van der Waals surface area (Å²) >= 11 is -2.37. The van der Waals surface area contributed by atoms with E-state index in [2.05, 4.69) is 74.5 Å². The molecule has 1 aliphatic heterocycles. The Kier molecular flexibility index (Phi) is 5.24. The second-order valence-corrected chi connectivity index (χ2v) is 17.9. The summed E-state index contributed by atoms with van der Waals surface area (Å²) in [6, 6.07) is 14.2. The first-order valence-corrected chi connectivity index (χ1v) is 14.8. The molecule has 25 heavy (non-hydrogen) atoms. The molecule has 1 fully saturated rings. The zero-order valence-corrected chi connectivity index (χ0v) is 18.6. The van der Waals surface area contributed by atoms with Crippen molar-refractivity contribution in [3.63, 3.8) is 0 Å². The minimum atomic E-state index is -2.37. The van der Waals surface area contributed by atoms with Crippen molar-refractivity contribution in [2.75, 3.05) is 0 Å². The third-order valence-corrected chi connectivity index (χ3v) is 17.0. The molecule has 1 heterocycles. The molecule has 3 heteroatoms. The molecule has 0 N–H and O–H groups in total. The molecule has 0 amide bonds. The molecule has 0 unspecified atom stereocenters. The maximum atomic E-state index is 2.46. The molecule has 5 rings (SSSR count). The van der Waals surface area contributed by atoms with Crippen LogP contribution in [-0.2, 0) is 20.3 Å². The summed E-state index contributed by atoms with van der Waals surface area (Å²) in [7, 11) is 0. The Balaban J connectivity index is 0.000000911. The molecule has 0 spiro atoms. The molecule has 2 aliphatic carbocycles. The Hall–Kier alpha value is -0.617. The van der Waals surface area contributed by atoms with Crippen molar-refractivity contribution in [3.05, 3.63) is 70.8 Å². The van der Waals surface area contributed by atoms with Gasteiger partial charge < -0.3 is 24.8 Å². The van der Waals surface area contributed by atoms with Crippen molar-refractivity contribution in [3.8, 4) is 0 Å². The molecule has 0 radical (unpaired) electrons. The standard InChI is InChI=1S/2C10H9.C2H4.2ClH.Zr/c2*1-8-6-7-9-4-2-3-5-10(8)9;1-2;;;/h2*2-3,5-8H,1H3;1-2H2;2*1H;/q;;;;;+2/p-2/t2*8-;;;;/m10..../s1. The van der Waals surface area contributed by atoms with Crippen molar-refractivity contribution in [1.29, 1.82) is 0 Å². The van der Waals surface area contributed by atoms with Crippen molar-refractivity contribution in [2.24, 2.45) is 0 Å². The van der Waals surface area contributed by atoms with Crippen LogP contribution in [0, 0.1) is 0 Å². The molecule has 0 aromatic heterocycles. The van der Waals surface area contributed by atoms with E-state index < -0.39 is 20.3 Å². The molecule has 2 atom stereocenters. The molecule has 3 aliphatic rings. The molecule has 2 aromatic carbocycles. The first-order valence-electron chi connectivity index (χ1n) is 8.84. The summed E-state index contributed by atoms with van der Waals surface area (Å²) < 4.78 is 6.51. The number of hydrogen-bond acceptors (Lipinski definition) is 0. The van der Waals surface area contributed by atoms with Gasteiger partial charge in [-0.3, -0.25) is 0 Å². The topological polar surface area (TPSA) is 0 Å². The van der Waals surface area contributed by atoms with E-state index in [1.54, 1.807) is 28.8 Å². The van der Waals surface area contributed by atoms with Crippen LogP contribution in [0.2, 0.25) is 8.26 Å². The number of hydrogen-bond donors (Lipinski definition) is 0. The maximum Gasteiger partial charge on any atom is -1.00 e. The molecule has 0 nitrogen and oxygen atoms in total. The van der Waals surface area contributed by atoms with E-state index in [1.807, 2.05) is 0 Å². The summed E-state index contributed by atoms with van der Waals surface area (Å²) in [5, 5.41) is 0. The van der Waals surface area contributed by atoms with Crippen LogP contribution < -0.4 is 31.4 Å². The number of fused-ring (bicyclic) bond motifs is 2. The Bertz CT molecular complexity index is 808. The zero-order valence-electron chi connectivity index (χ0n) is 14.6. The molecule has 128 valence electrons. The van der Waals surface area contributed by atoms with Gasteiger partial charge in [-0.15, -0.1) is 0 Å². The van der Waals surface area contributed by atoms with Gasteiger partial charge in [0.2, 0.25) is 0 Å². The molecule has 1 saturated heterocycles. The summed E-state index contributed by atoms with van der Waals surface area (Å²) in [6.45, 7) is 4.65. The average Bonchev–Trinajstić information content (AvgIpc) is 3.17. The van der Waals surface area contributed by atoms with E-state index in [4.69, 9.17) is 0 Å². The average molecular weight is 449 g/mol. The van der Waals surface area contributed by atoms with E-state index in [-0.39, 0.29) is 24.8 Å². The van der Waals surface area contributed by atoms with Crippen LogP contribution in [0.25, 0.3) is 12.2 Å². The second kappa shape index (κ2) is 6.84. The monoisotopic (exact) mass is 446 g/mol. The normalized spacial score (nSPS) is 22.2. The largest absolute Gasteiger partial charge is 1.00 e. The van der Waals surface area contributed by atoms with Crippen LogP contribution in [0.3, 0.4) is 0 Å². The smallest absolute Gasteiger partial charge is 1.00 e. The number of halogens is 2. The minimum absolute atomic E-state index is 0. The van der Waals surface area contributed by atoms with Gasteiger partial charge in [-0.25, -0.2) is 0 Å². The van der Waals surface area contributed by atoms with E-state index >= 15 is 0 Å². The van der Waals surface area contributed by atoms with Crippen molar-refractivity contribution in [2.45, 2.75) is 33.9 Å². The van der Waals surface area contributed by atoms with E-state index in [9.17, 15) is 0 Å². The zero-order chi connectivity index (χ0) is 15.6. The van der Waals surface area contributed by atoms with Gasteiger partial charge in [-0.05, 0) is 0 Å². The summed E-state index contributed by atoms with van der Waals surface area (Å²) in [6.07, 6.45) is 9.59. The Labute approximate surface area is 167 Å². The Morgan fingerprint density at radius 2 is 1.16 bits per heavy atom. The van der Waals surface area contributed by atoms with Crippen LogP contribution in [0.4, 0.5) is 0 Å². The molecule has 0 bridgehead atoms. The van der Waals surface area contributed by atoms with Crippen LogP contribution in [0.15, 0.2) is 48.6 Å². The van der Waals surface area contributed by atoms with Gasteiger partial charge in [0.25, 0.3) is 0 Å². The molecule has 2 aromatic rings. The van der Waals surface area contributed by atoms with E-state index in [0.717, 1.165) is 0 Å². The first-order chi connectivity index (χ1) is 11.2. The maximum absolute atomic E-state index is 2.46. The Morgan fingerprint density at radius 1 is 0.720 bits per heavy atom. The number of benzene rings is 2. The summed E-state index contributed by atoms with van der Waals surface area (Å²) in [5.74, 6) is 1.18. The van der Waals surface area contributed by atoms with Crippen molar-refractivity contribution >= 4 is 18.7 Å². The number of rotatable bonds is 2. The SMILES string of the molecule is C[C@@H]1C=Cc2c1ccc[c]2[Zr+2]1([c]2cccc3c2C=C[C@@H]3C)[CH2][CH2]1.[Cl-].[Cl-]. The van der Waals surface area contributed by atoms with Gasteiger partial charge in [-0.2, -0.15) is 0 Å². The van der Waals surface area contributed by atoms with Gasteiger partial charge in [-0.1, -0.05) is 0 Å². The van der Waals surface area contributed by atoms with Crippen LogP contribution >= 0.6 is 0 Å². The molecular formula is C22H22Cl2Zr. The fourth-order valence-electron chi connectivity index (χ4n) is 4.66. The second-order valence-electron chi connectivity index (χ2n) is 7.49. The predicted octanol–water partition coefficient (Wildman–Crippen LogP) is -1.09. The van der Waals surface area contributed by atoms with Gasteiger partial charge in [0.1, 0.15) is 0 Å². The van der Waals surface area contributed by atoms with Crippen molar-refractivity contribution < 1.29 is 45.1 Å². The third kappa shape index (κ3) is 2.75. The van der Waals surface area contributed by atoms with Crippen LogP contribution in [0.1, 0.15) is 47.9 Å². The predicted molar refractivity (Wildman–Crippen MR) is 96.7 cm³/mol. The van der Waals surface area contributed by atoms with Gasteiger partial charge in [0, 0.05) is 0 Å². The fraction of sp³-hybridized carbons (Fsp3) is 0.273. The molecular weight excluding hydrogens is 426 g/mol. The first kappa shape index (κ1) is 19.2. The van der Waals surface area contributed by atoms with Crippen LogP contribution in [0.5, 0.6) is 0 Å². The minimum Gasteiger partial charge on any atom is -1.00 e. The van der Waals surface area contributed by atoms with E-state index in [0.29, 0.717) is 11.8 Å². The molecule has 0 saturated carbocycles. The summed E-state index contributed by atoms with van der Waals surface area (Å²) in [4.78, 5) is 0. The third-order valence-electron chi connectivity index (χ3n) is 6.15.